The van der Waals surface area contributed by atoms with Gasteiger partial charge >= 0.3 is 6.18 Å². The topological polar surface area (TPSA) is 104 Å². The molecule has 0 aliphatic carbocycles. The lowest BCUT2D eigenvalue weighted by Gasteiger charge is -2.29. The number of nitrogens with zero attached hydrogens (tertiary/aromatic N) is 3. The molecule has 34 heavy (non-hydrogen) atoms. The maximum atomic E-state index is 14.3. The van der Waals surface area contributed by atoms with Crippen LogP contribution in [0.4, 0.5) is 29.1 Å². The zero-order valence-electron chi connectivity index (χ0n) is 18.6. The third-order valence-corrected chi connectivity index (χ3v) is 5.98. The van der Waals surface area contributed by atoms with Crippen LogP contribution in [0, 0.1) is 5.82 Å². The van der Waals surface area contributed by atoms with Crippen molar-refractivity contribution in [2.75, 3.05) is 29.0 Å². The number of sulfonamides is 1. The number of rotatable bonds is 7. The fraction of sp³-hybridized carbons (Fsp3) is 0.476. The molecule has 2 aromatic rings. The normalized spacial score (nSPS) is 15.6. The molecule has 3 rings (SSSR count). The molecule has 13 heteroatoms. The van der Waals surface area contributed by atoms with Gasteiger partial charge in [-0.2, -0.15) is 13.2 Å². The molecule has 1 aliphatic rings. The van der Waals surface area contributed by atoms with E-state index in [4.69, 9.17) is 0 Å². The molecule has 1 aliphatic heterocycles. The van der Waals surface area contributed by atoms with E-state index in [2.05, 4.69) is 15.3 Å². The van der Waals surface area contributed by atoms with E-state index in [1.54, 1.807) is 4.90 Å². The first-order valence-corrected chi connectivity index (χ1v) is 12.5. The molecule has 1 atom stereocenters. The van der Waals surface area contributed by atoms with Crippen LogP contribution in [0.5, 0.6) is 0 Å². The molecule has 8 nitrogen and oxygen atoms in total. The van der Waals surface area contributed by atoms with Crippen LogP contribution < -0.4 is 14.9 Å². The number of benzene rings is 1. The zero-order chi connectivity index (χ0) is 25.1. The van der Waals surface area contributed by atoms with Gasteiger partial charge in [-0.05, 0) is 43.9 Å². The summed E-state index contributed by atoms with van der Waals surface area (Å²) in [5, 5.41) is 2.62. The Kier molecular flexibility index (Phi) is 7.64. The highest BCUT2D eigenvalue weighted by atomic mass is 32.2. The second kappa shape index (κ2) is 10.1. The predicted molar refractivity (Wildman–Crippen MR) is 118 cm³/mol. The van der Waals surface area contributed by atoms with Crippen LogP contribution in [0.15, 0.2) is 24.4 Å². The van der Waals surface area contributed by atoms with E-state index in [1.807, 2.05) is 4.72 Å². The Morgan fingerprint density at radius 1 is 1.21 bits per heavy atom. The van der Waals surface area contributed by atoms with Crippen LogP contribution in [0.1, 0.15) is 49.1 Å². The van der Waals surface area contributed by atoms with Crippen molar-refractivity contribution >= 4 is 27.4 Å². The standard InChI is InChI=1S/C21H25F4N5O3S/c1-13(14-6-7-16(15(22)10-14)29-34(2,32)33)20(31)27-11-17-19(30-8-4-3-5-9-30)28-18(12-26-17)21(23,24)25/h6-7,10,12-13,29H,3-5,8-9,11H2,1-2H3,(H,27,31). The average molecular weight is 504 g/mol. The van der Waals surface area contributed by atoms with Gasteiger partial charge in [-0.1, -0.05) is 6.07 Å². The number of carbonyl (C=O) groups is 1. The van der Waals surface area contributed by atoms with Crippen LogP contribution >= 0.6 is 0 Å². The molecule has 1 aromatic carbocycles. The Morgan fingerprint density at radius 3 is 2.47 bits per heavy atom. The summed E-state index contributed by atoms with van der Waals surface area (Å²) in [4.78, 5) is 22.1. The van der Waals surface area contributed by atoms with Crippen molar-refractivity contribution in [2.45, 2.75) is 44.8 Å². The average Bonchev–Trinajstić information content (AvgIpc) is 2.77. The number of hydrogen-bond donors (Lipinski definition) is 2. The van der Waals surface area contributed by atoms with E-state index in [0.29, 0.717) is 24.8 Å². The van der Waals surface area contributed by atoms with Crippen molar-refractivity contribution in [3.8, 4) is 0 Å². The first-order valence-electron chi connectivity index (χ1n) is 10.6. The summed E-state index contributed by atoms with van der Waals surface area (Å²) in [6.45, 7) is 2.45. The SMILES string of the molecule is CC(C(=O)NCc1ncc(C(F)(F)F)nc1N1CCCCC1)c1ccc(NS(C)(=O)=O)c(F)c1. The lowest BCUT2D eigenvalue weighted by Crippen LogP contribution is -2.34. The van der Waals surface area contributed by atoms with Crippen LogP contribution in [0.2, 0.25) is 0 Å². The second-order valence-corrected chi connectivity index (χ2v) is 9.87. The van der Waals surface area contributed by atoms with Crippen LogP contribution in [0.25, 0.3) is 0 Å². The molecule has 1 saturated heterocycles. The van der Waals surface area contributed by atoms with Crippen molar-refractivity contribution in [3.63, 3.8) is 0 Å². The Balaban J connectivity index is 1.75. The molecule has 0 radical (unpaired) electrons. The highest BCUT2D eigenvalue weighted by Crippen LogP contribution is 2.30. The van der Waals surface area contributed by atoms with Crippen LogP contribution in [-0.4, -0.2) is 43.6 Å². The monoisotopic (exact) mass is 503 g/mol. The number of hydrogen-bond acceptors (Lipinski definition) is 6. The van der Waals surface area contributed by atoms with Crippen LogP contribution in [-0.2, 0) is 27.5 Å². The lowest BCUT2D eigenvalue weighted by atomic mass is 10.00. The fourth-order valence-corrected chi connectivity index (χ4v) is 4.15. The summed E-state index contributed by atoms with van der Waals surface area (Å²) in [6.07, 6.45) is -0.509. The fourth-order valence-electron chi connectivity index (χ4n) is 3.58. The smallest absolute Gasteiger partial charge is 0.355 e. The van der Waals surface area contributed by atoms with E-state index in [9.17, 15) is 30.8 Å². The van der Waals surface area contributed by atoms with Crippen molar-refractivity contribution in [1.29, 1.82) is 0 Å². The minimum atomic E-state index is -4.64. The molecule has 0 saturated carbocycles. The number of alkyl halides is 3. The third-order valence-electron chi connectivity index (χ3n) is 5.39. The summed E-state index contributed by atoms with van der Waals surface area (Å²) in [5.41, 5.74) is -0.849. The van der Waals surface area contributed by atoms with Gasteiger partial charge in [0.2, 0.25) is 15.9 Å². The van der Waals surface area contributed by atoms with E-state index in [0.717, 1.165) is 31.6 Å². The Bertz CT molecular complexity index is 1150. The van der Waals surface area contributed by atoms with Crippen molar-refractivity contribution < 1.29 is 30.8 Å². The van der Waals surface area contributed by atoms with E-state index in [-0.39, 0.29) is 23.7 Å². The van der Waals surface area contributed by atoms with Gasteiger partial charge in [0.05, 0.1) is 30.6 Å². The maximum absolute atomic E-state index is 14.3. The van der Waals surface area contributed by atoms with Gasteiger partial charge in [-0.15, -0.1) is 0 Å². The summed E-state index contributed by atoms with van der Waals surface area (Å²) >= 11 is 0. The molecule has 0 spiro atoms. The first-order chi connectivity index (χ1) is 15.8. The van der Waals surface area contributed by atoms with Gasteiger partial charge in [0.25, 0.3) is 0 Å². The van der Waals surface area contributed by atoms with Gasteiger partial charge in [-0.25, -0.2) is 17.8 Å². The molecule has 0 bridgehead atoms. The molecular formula is C21H25F4N5O3S. The van der Waals surface area contributed by atoms with Gasteiger partial charge in [0.1, 0.15) is 11.5 Å². The minimum absolute atomic E-state index is 0.0877. The van der Waals surface area contributed by atoms with Gasteiger partial charge in [0.15, 0.2) is 11.5 Å². The molecular weight excluding hydrogens is 478 g/mol. The molecule has 1 unspecified atom stereocenters. The largest absolute Gasteiger partial charge is 0.434 e. The second-order valence-electron chi connectivity index (χ2n) is 8.12. The van der Waals surface area contributed by atoms with Gasteiger partial charge < -0.3 is 10.2 Å². The molecule has 2 N–H and O–H groups in total. The molecule has 1 fully saturated rings. The van der Waals surface area contributed by atoms with Crippen LogP contribution in [0.3, 0.4) is 0 Å². The van der Waals surface area contributed by atoms with Crippen molar-refractivity contribution in [2.24, 2.45) is 0 Å². The Hall–Kier alpha value is -2.96. The quantitative estimate of drug-likeness (QED) is 0.562. The maximum Gasteiger partial charge on any atom is 0.434 e. The molecule has 186 valence electrons. The lowest BCUT2D eigenvalue weighted by molar-refractivity contribution is -0.141. The number of halogens is 4. The van der Waals surface area contributed by atoms with Crippen molar-refractivity contribution in [1.82, 2.24) is 15.3 Å². The molecule has 2 heterocycles. The Labute approximate surface area is 194 Å². The predicted octanol–water partition coefficient (Wildman–Crippen LogP) is 3.42. The number of carbonyl (C=O) groups excluding carboxylic acids is 1. The summed E-state index contributed by atoms with van der Waals surface area (Å²) in [5.74, 6) is -2.08. The zero-order valence-corrected chi connectivity index (χ0v) is 19.4. The van der Waals surface area contributed by atoms with E-state index >= 15 is 0 Å². The minimum Gasteiger partial charge on any atom is -0.355 e. The number of anilines is 2. The Morgan fingerprint density at radius 2 is 1.88 bits per heavy atom. The van der Waals surface area contributed by atoms with Crippen molar-refractivity contribution in [3.05, 3.63) is 47.2 Å². The van der Waals surface area contributed by atoms with Gasteiger partial charge in [0, 0.05) is 13.1 Å². The summed E-state index contributed by atoms with van der Waals surface area (Å²) in [6, 6.07) is 3.68. The van der Waals surface area contributed by atoms with E-state index < -0.39 is 39.5 Å². The number of piperidine rings is 1. The molecule has 1 amide bonds. The number of nitrogens with one attached hydrogen (secondary N) is 2. The molecule has 1 aromatic heterocycles. The first kappa shape index (κ1) is 25.7. The highest BCUT2D eigenvalue weighted by molar-refractivity contribution is 7.92. The number of amides is 1. The summed E-state index contributed by atoms with van der Waals surface area (Å²) in [7, 11) is -3.67. The third kappa shape index (κ3) is 6.55. The number of aromatic nitrogens is 2. The summed E-state index contributed by atoms with van der Waals surface area (Å²) < 4.78 is 78.4. The van der Waals surface area contributed by atoms with E-state index in [1.165, 1.54) is 19.1 Å². The van der Waals surface area contributed by atoms with Gasteiger partial charge in [-0.3, -0.25) is 14.5 Å². The highest BCUT2D eigenvalue weighted by Gasteiger charge is 2.34.